The van der Waals surface area contributed by atoms with Gasteiger partial charge >= 0.3 is 5.69 Å². The molecule has 3 rings (SSSR count). The minimum absolute atomic E-state index is 0.297. The van der Waals surface area contributed by atoms with Crippen molar-refractivity contribution < 1.29 is 20.1 Å². The molecule has 2 aliphatic rings. The van der Waals surface area contributed by atoms with Gasteiger partial charge in [-0.15, -0.1) is 0 Å². The summed E-state index contributed by atoms with van der Waals surface area (Å²) in [5, 5.41) is 32.7. The van der Waals surface area contributed by atoms with Gasteiger partial charge in [-0.3, -0.25) is 4.57 Å². The van der Waals surface area contributed by atoms with Gasteiger partial charge in [0.2, 0.25) is 0 Å². The maximum absolute atomic E-state index is 12.5. The van der Waals surface area contributed by atoms with Crippen molar-refractivity contribution in [2.75, 3.05) is 11.9 Å². The summed E-state index contributed by atoms with van der Waals surface area (Å²) in [6.45, 7) is -0.432. The van der Waals surface area contributed by atoms with Gasteiger partial charge in [-0.05, 0) is 18.9 Å². The first-order valence-corrected chi connectivity index (χ1v) is 11.1. The lowest BCUT2D eigenvalue weighted by atomic mass is 9.98. The van der Waals surface area contributed by atoms with Gasteiger partial charge in [0.1, 0.15) is 24.1 Å². The molecule has 2 heterocycles. The summed E-state index contributed by atoms with van der Waals surface area (Å²) in [5.74, 6) is 0.523. The van der Waals surface area contributed by atoms with Crippen LogP contribution in [0.15, 0.2) is 17.1 Å². The largest absolute Gasteiger partial charge is 0.394 e. The number of ether oxygens (including phenoxy) is 1. The fraction of sp³-hybridized carbons (Fsp3) is 0.810. The van der Waals surface area contributed by atoms with Crippen LogP contribution in [0.25, 0.3) is 0 Å². The summed E-state index contributed by atoms with van der Waals surface area (Å²) >= 11 is 0. The van der Waals surface area contributed by atoms with Crippen LogP contribution in [-0.2, 0) is 4.74 Å². The van der Waals surface area contributed by atoms with Crippen molar-refractivity contribution in [1.29, 1.82) is 0 Å². The number of nitrogens with zero attached hydrogens (tertiary/aromatic N) is 2. The number of aromatic nitrogens is 2. The Morgan fingerprint density at radius 1 is 1.00 bits per heavy atom. The summed E-state index contributed by atoms with van der Waals surface area (Å²) in [6, 6.07) is 2.00. The zero-order valence-electron chi connectivity index (χ0n) is 17.1. The Bertz CT molecular complexity index is 671. The molecule has 0 radical (unpaired) electrons. The van der Waals surface area contributed by atoms with E-state index in [1.54, 1.807) is 6.07 Å². The lowest BCUT2D eigenvalue weighted by Crippen LogP contribution is -2.36. The average Bonchev–Trinajstić information content (AvgIpc) is 2.98. The van der Waals surface area contributed by atoms with E-state index in [0.29, 0.717) is 11.9 Å². The highest BCUT2D eigenvalue weighted by molar-refractivity contribution is 5.33. The van der Waals surface area contributed by atoms with Crippen LogP contribution in [0.1, 0.15) is 76.9 Å². The lowest BCUT2D eigenvalue weighted by molar-refractivity contribution is -0.0549. The highest BCUT2D eigenvalue weighted by Gasteiger charge is 2.43. The Morgan fingerprint density at radius 3 is 2.10 bits per heavy atom. The van der Waals surface area contributed by atoms with Gasteiger partial charge in [0.05, 0.1) is 6.61 Å². The van der Waals surface area contributed by atoms with Crippen molar-refractivity contribution in [2.45, 2.75) is 101 Å². The Labute approximate surface area is 171 Å². The maximum Gasteiger partial charge on any atom is 0.351 e. The summed E-state index contributed by atoms with van der Waals surface area (Å²) in [5.41, 5.74) is -0.557. The van der Waals surface area contributed by atoms with Crippen LogP contribution in [0.5, 0.6) is 0 Å². The SMILES string of the molecule is O=c1nc(NC2CCCCCCCCCCC2)ccn1[C@H]1O[C@@H](CO)[C@@H](O)[C@@H]1O. The van der Waals surface area contributed by atoms with Crippen LogP contribution >= 0.6 is 0 Å². The number of hydrogen-bond acceptors (Lipinski definition) is 7. The molecule has 0 aromatic carbocycles. The van der Waals surface area contributed by atoms with Gasteiger partial charge in [0.15, 0.2) is 6.23 Å². The molecule has 1 aromatic rings. The van der Waals surface area contributed by atoms with Crippen LogP contribution in [-0.4, -0.2) is 55.8 Å². The molecule has 1 aliphatic carbocycles. The molecule has 8 heteroatoms. The molecule has 0 amide bonds. The summed E-state index contributed by atoms with van der Waals surface area (Å²) in [7, 11) is 0. The van der Waals surface area contributed by atoms with Crippen molar-refractivity contribution in [2.24, 2.45) is 0 Å². The quantitative estimate of drug-likeness (QED) is 0.600. The standard InChI is InChI=1S/C21H35N3O5/c25-14-16-18(26)19(27)20(29-16)24-13-12-17(23-21(24)28)22-15-10-8-6-4-2-1-3-5-7-9-11-15/h12-13,15-16,18-20,25-27H,1-11,14H2,(H,22,23,28)/t16-,18+,19-,20-/m0/s1. The molecule has 8 nitrogen and oxygen atoms in total. The number of aliphatic hydroxyl groups excluding tert-OH is 3. The van der Waals surface area contributed by atoms with E-state index in [-0.39, 0.29) is 0 Å². The third kappa shape index (κ3) is 6.01. The van der Waals surface area contributed by atoms with Crippen molar-refractivity contribution in [3.8, 4) is 0 Å². The molecule has 164 valence electrons. The molecular weight excluding hydrogens is 374 g/mol. The van der Waals surface area contributed by atoms with E-state index < -0.39 is 36.8 Å². The topological polar surface area (TPSA) is 117 Å². The van der Waals surface area contributed by atoms with Crippen LogP contribution in [0, 0.1) is 0 Å². The predicted octanol–water partition coefficient (Wildman–Crippen LogP) is 1.94. The number of nitrogens with one attached hydrogen (secondary N) is 1. The fourth-order valence-electron chi connectivity index (χ4n) is 4.31. The van der Waals surface area contributed by atoms with Crippen LogP contribution in [0.3, 0.4) is 0 Å². The first-order valence-electron chi connectivity index (χ1n) is 11.1. The molecule has 29 heavy (non-hydrogen) atoms. The zero-order chi connectivity index (χ0) is 20.6. The van der Waals surface area contributed by atoms with Crippen molar-refractivity contribution in [3.63, 3.8) is 0 Å². The minimum Gasteiger partial charge on any atom is -0.394 e. The highest BCUT2D eigenvalue weighted by atomic mass is 16.6. The molecule has 2 fully saturated rings. The van der Waals surface area contributed by atoms with E-state index in [1.807, 2.05) is 0 Å². The molecule has 1 saturated heterocycles. The molecule has 0 spiro atoms. The molecular formula is C21H35N3O5. The number of anilines is 1. The van der Waals surface area contributed by atoms with Crippen molar-refractivity contribution in [1.82, 2.24) is 9.55 Å². The van der Waals surface area contributed by atoms with E-state index in [0.717, 1.165) is 17.4 Å². The van der Waals surface area contributed by atoms with E-state index in [4.69, 9.17) is 4.74 Å². The van der Waals surface area contributed by atoms with Gasteiger partial charge in [-0.2, -0.15) is 4.98 Å². The fourth-order valence-corrected chi connectivity index (χ4v) is 4.31. The first kappa shape index (κ1) is 22.2. The third-order valence-electron chi connectivity index (χ3n) is 6.08. The monoisotopic (exact) mass is 409 g/mol. The normalized spacial score (nSPS) is 30.4. The van der Waals surface area contributed by atoms with Gasteiger partial charge in [-0.1, -0.05) is 57.8 Å². The zero-order valence-corrected chi connectivity index (χ0v) is 17.1. The van der Waals surface area contributed by atoms with E-state index in [2.05, 4.69) is 10.3 Å². The van der Waals surface area contributed by atoms with Gasteiger partial charge < -0.3 is 25.4 Å². The Morgan fingerprint density at radius 2 is 1.59 bits per heavy atom. The lowest BCUT2D eigenvalue weighted by Gasteiger charge is -2.21. The Hall–Kier alpha value is -1.48. The molecule has 4 N–H and O–H groups in total. The van der Waals surface area contributed by atoms with Crippen LogP contribution in [0.4, 0.5) is 5.82 Å². The number of hydrogen-bond donors (Lipinski definition) is 4. The second-order valence-corrected chi connectivity index (χ2v) is 8.33. The van der Waals surface area contributed by atoms with Gasteiger partial charge in [-0.25, -0.2) is 4.79 Å². The van der Waals surface area contributed by atoms with Gasteiger partial charge in [0, 0.05) is 12.2 Å². The second kappa shape index (κ2) is 11.1. The second-order valence-electron chi connectivity index (χ2n) is 8.33. The van der Waals surface area contributed by atoms with Crippen LogP contribution < -0.4 is 11.0 Å². The average molecular weight is 410 g/mol. The van der Waals surface area contributed by atoms with E-state index in [1.165, 1.54) is 64.0 Å². The molecule has 0 unspecified atom stereocenters. The summed E-state index contributed by atoms with van der Waals surface area (Å²) < 4.78 is 6.58. The van der Waals surface area contributed by atoms with E-state index >= 15 is 0 Å². The molecule has 1 aromatic heterocycles. The molecule has 0 bridgehead atoms. The molecule has 1 saturated carbocycles. The first-order chi connectivity index (χ1) is 14.1. The maximum atomic E-state index is 12.5. The Kier molecular flexibility index (Phi) is 8.47. The number of aliphatic hydroxyl groups is 3. The summed E-state index contributed by atoms with van der Waals surface area (Å²) in [6.07, 6.45) is 10.6. The minimum atomic E-state index is -1.29. The third-order valence-corrected chi connectivity index (χ3v) is 6.08. The molecule has 4 atom stereocenters. The highest BCUT2D eigenvalue weighted by Crippen LogP contribution is 2.28. The van der Waals surface area contributed by atoms with Crippen LogP contribution in [0.2, 0.25) is 0 Å². The van der Waals surface area contributed by atoms with Crippen molar-refractivity contribution in [3.05, 3.63) is 22.7 Å². The van der Waals surface area contributed by atoms with Gasteiger partial charge in [0.25, 0.3) is 0 Å². The van der Waals surface area contributed by atoms with Crippen molar-refractivity contribution >= 4 is 5.82 Å². The predicted molar refractivity (Wildman–Crippen MR) is 110 cm³/mol. The summed E-state index contributed by atoms with van der Waals surface area (Å²) in [4.78, 5) is 16.6. The smallest absolute Gasteiger partial charge is 0.351 e. The van der Waals surface area contributed by atoms with E-state index in [9.17, 15) is 20.1 Å². The number of rotatable bonds is 4. The molecule has 1 aliphatic heterocycles. The Balaban J connectivity index is 1.63.